The number of rotatable bonds is 5. The van der Waals surface area contributed by atoms with Gasteiger partial charge in [0.2, 0.25) is 0 Å². The molecule has 17 heavy (non-hydrogen) atoms. The predicted molar refractivity (Wildman–Crippen MR) is 65.8 cm³/mol. The number of halogens is 1. The molecule has 0 saturated carbocycles. The Morgan fingerprint density at radius 2 is 2.00 bits per heavy atom. The summed E-state index contributed by atoms with van der Waals surface area (Å²) in [4.78, 5) is 11.5. The summed E-state index contributed by atoms with van der Waals surface area (Å²) >= 11 is 5.79. The summed E-state index contributed by atoms with van der Waals surface area (Å²) in [6.07, 6.45) is -0.536. The number of carbonyl (C=O) groups is 1. The molecule has 0 aliphatic carbocycles. The van der Waals surface area contributed by atoms with E-state index in [-0.39, 0.29) is 0 Å². The number of ether oxygens (including phenoxy) is 2. The molecule has 94 valence electrons. The molecule has 2 atom stereocenters. The maximum absolute atomic E-state index is 11.5. The molecule has 4 nitrogen and oxygen atoms in total. The molecule has 0 radical (unpaired) electrons. The van der Waals surface area contributed by atoms with Crippen molar-refractivity contribution in [2.75, 3.05) is 13.7 Å². The summed E-state index contributed by atoms with van der Waals surface area (Å²) in [7, 11) is 1.50. The zero-order chi connectivity index (χ0) is 12.8. The minimum Gasteiger partial charge on any atom is -0.465 e. The van der Waals surface area contributed by atoms with E-state index in [9.17, 15) is 4.79 Å². The van der Waals surface area contributed by atoms with Gasteiger partial charge in [-0.05, 0) is 24.6 Å². The highest BCUT2D eigenvalue weighted by Crippen LogP contribution is 2.22. The smallest absolute Gasteiger partial charge is 0.325 e. The van der Waals surface area contributed by atoms with Crippen molar-refractivity contribution in [3.05, 3.63) is 34.9 Å². The third-order valence-corrected chi connectivity index (χ3v) is 2.59. The zero-order valence-electron chi connectivity index (χ0n) is 9.85. The molecule has 2 unspecified atom stereocenters. The molecule has 0 spiro atoms. The fourth-order valence-corrected chi connectivity index (χ4v) is 1.63. The second-order valence-corrected chi connectivity index (χ2v) is 3.92. The number of hydrogen-bond acceptors (Lipinski definition) is 4. The fourth-order valence-electron chi connectivity index (χ4n) is 1.50. The van der Waals surface area contributed by atoms with Gasteiger partial charge in [-0.15, -0.1) is 0 Å². The summed E-state index contributed by atoms with van der Waals surface area (Å²) in [6.45, 7) is 2.03. The molecule has 0 fully saturated rings. The van der Waals surface area contributed by atoms with Crippen LogP contribution >= 0.6 is 11.6 Å². The van der Waals surface area contributed by atoms with Crippen LogP contribution in [0.5, 0.6) is 0 Å². The lowest BCUT2D eigenvalue weighted by atomic mass is 10.0. The van der Waals surface area contributed by atoms with Gasteiger partial charge in [0.25, 0.3) is 0 Å². The Hall–Kier alpha value is -1.10. The van der Waals surface area contributed by atoms with Crippen molar-refractivity contribution in [1.82, 2.24) is 0 Å². The molecule has 1 aromatic rings. The number of hydrogen-bond donors (Lipinski definition) is 1. The largest absolute Gasteiger partial charge is 0.465 e. The summed E-state index contributed by atoms with van der Waals surface area (Å²) in [6, 6.07) is 6.15. The molecule has 0 bridgehead atoms. The number of carbonyl (C=O) groups excluding carboxylic acids is 1. The first-order valence-corrected chi connectivity index (χ1v) is 5.68. The third-order valence-electron chi connectivity index (χ3n) is 2.34. The van der Waals surface area contributed by atoms with E-state index >= 15 is 0 Å². The summed E-state index contributed by atoms with van der Waals surface area (Å²) in [5.74, 6) is -0.477. The van der Waals surface area contributed by atoms with E-state index in [0.29, 0.717) is 11.6 Å². The predicted octanol–water partition coefficient (Wildman–Crippen LogP) is 1.92. The molecular formula is C12H16ClNO3. The van der Waals surface area contributed by atoms with Crippen molar-refractivity contribution in [3.8, 4) is 0 Å². The van der Waals surface area contributed by atoms with Crippen LogP contribution in [-0.4, -0.2) is 25.7 Å². The highest BCUT2D eigenvalue weighted by Gasteiger charge is 2.27. The van der Waals surface area contributed by atoms with Crippen LogP contribution in [0.2, 0.25) is 5.02 Å². The van der Waals surface area contributed by atoms with Crippen LogP contribution < -0.4 is 5.73 Å². The van der Waals surface area contributed by atoms with Gasteiger partial charge in [0.1, 0.15) is 12.1 Å². The Morgan fingerprint density at radius 1 is 1.41 bits per heavy atom. The monoisotopic (exact) mass is 257 g/mol. The van der Waals surface area contributed by atoms with Crippen molar-refractivity contribution >= 4 is 17.6 Å². The van der Waals surface area contributed by atoms with Crippen molar-refractivity contribution in [2.45, 2.75) is 19.1 Å². The van der Waals surface area contributed by atoms with Gasteiger partial charge in [-0.25, -0.2) is 0 Å². The molecule has 0 saturated heterocycles. The van der Waals surface area contributed by atoms with E-state index in [4.69, 9.17) is 26.8 Å². The number of nitrogens with two attached hydrogens (primary N) is 1. The second-order valence-electron chi connectivity index (χ2n) is 3.49. The van der Waals surface area contributed by atoms with Crippen LogP contribution in [0.25, 0.3) is 0 Å². The zero-order valence-corrected chi connectivity index (χ0v) is 10.6. The number of benzene rings is 1. The van der Waals surface area contributed by atoms with Gasteiger partial charge in [0.15, 0.2) is 0 Å². The quantitative estimate of drug-likeness (QED) is 0.819. The SMILES string of the molecule is CCOC(=O)C(N)C(OC)c1ccc(Cl)cc1. The maximum Gasteiger partial charge on any atom is 0.325 e. The first-order chi connectivity index (χ1) is 8.10. The van der Waals surface area contributed by atoms with Gasteiger partial charge in [0.05, 0.1) is 6.61 Å². The first kappa shape index (κ1) is 14.0. The Balaban J connectivity index is 2.83. The van der Waals surface area contributed by atoms with E-state index in [1.54, 1.807) is 31.2 Å². The van der Waals surface area contributed by atoms with E-state index in [1.807, 2.05) is 0 Å². The molecule has 0 heterocycles. The Labute approximate surface area is 106 Å². The van der Waals surface area contributed by atoms with E-state index in [1.165, 1.54) is 7.11 Å². The molecule has 1 aromatic carbocycles. The molecule has 0 aromatic heterocycles. The molecule has 0 aliphatic rings. The highest BCUT2D eigenvalue weighted by atomic mass is 35.5. The topological polar surface area (TPSA) is 61.5 Å². The number of methoxy groups -OCH3 is 1. The lowest BCUT2D eigenvalue weighted by molar-refractivity contribution is -0.148. The van der Waals surface area contributed by atoms with E-state index in [2.05, 4.69) is 0 Å². The average Bonchev–Trinajstić information content (AvgIpc) is 2.32. The minimum atomic E-state index is -0.846. The van der Waals surface area contributed by atoms with Crippen LogP contribution in [0.3, 0.4) is 0 Å². The average molecular weight is 258 g/mol. The normalized spacial score (nSPS) is 14.1. The lowest BCUT2D eigenvalue weighted by Gasteiger charge is -2.21. The van der Waals surface area contributed by atoms with Gasteiger partial charge in [-0.3, -0.25) is 4.79 Å². The van der Waals surface area contributed by atoms with Gasteiger partial charge in [-0.1, -0.05) is 23.7 Å². The van der Waals surface area contributed by atoms with Gasteiger partial charge in [0, 0.05) is 12.1 Å². The van der Waals surface area contributed by atoms with Gasteiger partial charge in [-0.2, -0.15) is 0 Å². The molecule has 5 heteroatoms. The molecule has 2 N–H and O–H groups in total. The fraction of sp³-hybridized carbons (Fsp3) is 0.417. The Kier molecular flexibility index (Phi) is 5.41. The standard InChI is InChI=1S/C12H16ClNO3/c1-3-17-12(15)10(14)11(16-2)8-4-6-9(13)7-5-8/h4-7,10-11H,3,14H2,1-2H3. The van der Waals surface area contributed by atoms with Crippen LogP contribution in [0.15, 0.2) is 24.3 Å². The molecule has 0 aliphatic heterocycles. The third kappa shape index (κ3) is 3.70. The van der Waals surface area contributed by atoms with Crippen LogP contribution in [0.1, 0.15) is 18.6 Å². The van der Waals surface area contributed by atoms with Gasteiger partial charge >= 0.3 is 5.97 Å². The summed E-state index contributed by atoms with van der Waals surface area (Å²) in [5, 5.41) is 0.619. The summed E-state index contributed by atoms with van der Waals surface area (Å²) < 4.78 is 10.1. The second kappa shape index (κ2) is 6.59. The summed E-state index contributed by atoms with van der Waals surface area (Å²) in [5.41, 5.74) is 6.58. The van der Waals surface area contributed by atoms with Crippen LogP contribution in [0.4, 0.5) is 0 Å². The van der Waals surface area contributed by atoms with Crippen LogP contribution in [-0.2, 0) is 14.3 Å². The van der Waals surface area contributed by atoms with Crippen molar-refractivity contribution < 1.29 is 14.3 Å². The minimum absolute atomic E-state index is 0.295. The van der Waals surface area contributed by atoms with Crippen LogP contribution in [0, 0.1) is 0 Å². The maximum atomic E-state index is 11.5. The Bertz CT molecular complexity index is 367. The highest BCUT2D eigenvalue weighted by molar-refractivity contribution is 6.30. The Morgan fingerprint density at radius 3 is 2.47 bits per heavy atom. The van der Waals surface area contributed by atoms with Gasteiger partial charge < -0.3 is 15.2 Å². The van der Waals surface area contributed by atoms with Crippen molar-refractivity contribution in [1.29, 1.82) is 0 Å². The van der Waals surface area contributed by atoms with Crippen molar-refractivity contribution in [3.63, 3.8) is 0 Å². The lowest BCUT2D eigenvalue weighted by Crippen LogP contribution is -2.39. The first-order valence-electron chi connectivity index (χ1n) is 5.30. The number of esters is 1. The van der Waals surface area contributed by atoms with E-state index < -0.39 is 18.1 Å². The molecule has 1 rings (SSSR count). The molecular weight excluding hydrogens is 242 g/mol. The van der Waals surface area contributed by atoms with Crippen molar-refractivity contribution in [2.24, 2.45) is 5.73 Å². The molecule has 0 amide bonds. The van der Waals surface area contributed by atoms with E-state index in [0.717, 1.165) is 5.56 Å².